The molecule has 0 bridgehead atoms. The predicted molar refractivity (Wildman–Crippen MR) is 71.1 cm³/mol. The summed E-state index contributed by atoms with van der Waals surface area (Å²) in [6.45, 7) is 2.17. The number of hydrogen-bond acceptors (Lipinski definition) is 5. The Kier molecular flexibility index (Phi) is 5.99. The van der Waals surface area contributed by atoms with Crippen LogP contribution in [-0.4, -0.2) is 33.9 Å². The second-order valence-corrected chi connectivity index (χ2v) is 3.82. The van der Waals surface area contributed by atoms with Crippen LogP contribution in [0.4, 0.5) is 0 Å². The molecule has 0 amide bonds. The third-order valence-electron chi connectivity index (χ3n) is 2.70. The molecule has 0 aliphatic heterocycles. The Hall–Kier alpha value is -1.91. The number of methoxy groups -OCH3 is 3. The Morgan fingerprint density at radius 1 is 1.05 bits per heavy atom. The topological polar surface area (TPSA) is 54.0 Å². The van der Waals surface area contributed by atoms with Crippen LogP contribution in [0, 0.1) is 0 Å². The van der Waals surface area contributed by atoms with Crippen molar-refractivity contribution < 1.29 is 23.7 Å². The molecule has 0 aliphatic rings. The summed E-state index contributed by atoms with van der Waals surface area (Å²) in [5.74, 6) is 1.69. The van der Waals surface area contributed by atoms with Gasteiger partial charge in [0, 0.05) is 24.1 Å². The van der Waals surface area contributed by atoms with E-state index in [9.17, 15) is 4.79 Å². The van der Waals surface area contributed by atoms with Gasteiger partial charge in [0.2, 0.25) is 0 Å². The van der Waals surface area contributed by atoms with Crippen LogP contribution < -0.4 is 14.2 Å². The smallest absolute Gasteiger partial charge is 0.306 e. The summed E-state index contributed by atoms with van der Waals surface area (Å²) < 4.78 is 20.7. The van der Waals surface area contributed by atoms with Crippen molar-refractivity contribution in [2.24, 2.45) is 0 Å². The molecule has 5 nitrogen and oxygen atoms in total. The van der Waals surface area contributed by atoms with E-state index in [0.717, 1.165) is 5.56 Å². The Balaban J connectivity index is 2.94. The highest BCUT2D eigenvalue weighted by Crippen LogP contribution is 2.34. The van der Waals surface area contributed by atoms with Crippen molar-refractivity contribution in [1.29, 1.82) is 0 Å². The molecule has 1 rings (SSSR count). The number of ether oxygens (including phenoxy) is 4. The van der Waals surface area contributed by atoms with E-state index in [1.807, 2.05) is 0 Å². The van der Waals surface area contributed by atoms with E-state index in [4.69, 9.17) is 18.9 Å². The maximum atomic E-state index is 11.4. The molecule has 0 heterocycles. The van der Waals surface area contributed by atoms with Gasteiger partial charge in [-0.3, -0.25) is 4.79 Å². The van der Waals surface area contributed by atoms with Crippen molar-refractivity contribution >= 4 is 5.97 Å². The Morgan fingerprint density at radius 2 is 1.63 bits per heavy atom. The number of carbonyl (C=O) groups is 1. The van der Waals surface area contributed by atoms with Crippen LogP contribution in [0.25, 0.3) is 0 Å². The zero-order valence-electron chi connectivity index (χ0n) is 11.8. The van der Waals surface area contributed by atoms with Crippen molar-refractivity contribution in [3.05, 3.63) is 17.7 Å². The number of rotatable bonds is 7. The van der Waals surface area contributed by atoms with Crippen LogP contribution in [0.15, 0.2) is 12.1 Å². The van der Waals surface area contributed by atoms with Gasteiger partial charge in [-0.25, -0.2) is 0 Å². The van der Waals surface area contributed by atoms with E-state index in [1.165, 1.54) is 0 Å². The maximum Gasteiger partial charge on any atom is 0.306 e. The van der Waals surface area contributed by atoms with E-state index >= 15 is 0 Å². The van der Waals surface area contributed by atoms with Gasteiger partial charge in [-0.15, -0.1) is 0 Å². The number of esters is 1. The van der Waals surface area contributed by atoms with Crippen LogP contribution in [0.5, 0.6) is 17.2 Å². The maximum absolute atomic E-state index is 11.4. The summed E-state index contributed by atoms with van der Waals surface area (Å²) in [6, 6.07) is 3.53. The zero-order chi connectivity index (χ0) is 14.3. The lowest BCUT2D eigenvalue weighted by atomic mass is 10.1. The minimum Gasteiger partial charge on any atom is -0.496 e. The molecular formula is C14H20O5. The van der Waals surface area contributed by atoms with Crippen LogP contribution in [0.1, 0.15) is 18.9 Å². The molecule has 0 radical (unpaired) electrons. The summed E-state index contributed by atoms with van der Waals surface area (Å²) in [7, 11) is 4.72. The monoisotopic (exact) mass is 268 g/mol. The SMILES string of the molecule is CCOC(=O)CCc1c(OC)cc(OC)cc1OC. The van der Waals surface area contributed by atoms with E-state index in [2.05, 4.69) is 0 Å². The zero-order valence-corrected chi connectivity index (χ0v) is 11.8. The first-order chi connectivity index (χ1) is 9.15. The molecule has 0 aromatic heterocycles. The lowest BCUT2D eigenvalue weighted by Crippen LogP contribution is -2.07. The summed E-state index contributed by atoms with van der Waals surface area (Å²) in [4.78, 5) is 11.4. The van der Waals surface area contributed by atoms with Crippen molar-refractivity contribution in [2.75, 3.05) is 27.9 Å². The molecule has 0 aliphatic carbocycles. The number of benzene rings is 1. The quantitative estimate of drug-likeness (QED) is 0.710. The molecule has 19 heavy (non-hydrogen) atoms. The first kappa shape index (κ1) is 15.1. The van der Waals surface area contributed by atoms with E-state index in [1.54, 1.807) is 40.4 Å². The fraction of sp³-hybridized carbons (Fsp3) is 0.500. The Bertz CT molecular complexity index is 403. The molecule has 0 fully saturated rings. The van der Waals surface area contributed by atoms with Gasteiger partial charge in [0.15, 0.2) is 0 Å². The fourth-order valence-corrected chi connectivity index (χ4v) is 1.78. The highest BCUT2D eigenvalue weighted by atomic mass is 16.5. The van der Waals surface area contributed by atoms with Gasteiger partial charge < -0.3 is 18.9 Å². The van der Waals surface area contributed by atoms with Gasteiger partial charge >= 0.3 is 5.97 Å². The standard InChI is InChI=1S/C14H20O5/c1-5-19-14(15)7-6-11-12(17-3)8-10(16-2)9-13(11)18-4/h8-9H,5-7H2,1-4H3. The van der Waals surface area contributed by atoms with E-state index in [-0.39, 0.29) is 12.4 Å². The molecule has 0 unspecified atom stereocenters. The van der Waals surface area contributed by atoms with Crippen LogP contribution in [0.3, 0.4) is 0 Å². The summed E-state index contributed by atoms with van der Waals surface area (Å²) in [6.07, 6.45) is 0.780. The van der Waals surface area contributed by atoms with Crippen LogP contribution in [-0.2, 0) is 16.0 Å². The van der Waals surface area contributed by atoms with Gasteiger partial charge in [-0.2, -0.15) is 0 Å². The van der Waals surface area contributed by atoms with E-state index in [0.29, 0.717) is 30.3 Å². The van der Waals surface area contributed by atoms with E-state index < -0.39 is 0 Å². The second-order valence-electron chi connectivity index (χ2n) is 3.82. The van der Waals surface area contributed by atoms with Gasteiger partial charge in [-0.05, 0) is 13.3 Å². The van der Waals surface area contributed by atoms with Crippen molar-refractivity contribution in [3.63, 3.8) is 0 Å². The lowest BCUT2D eigenvalue weighted by Gasteiger charge is -2.14. The Morgan fingerprint density at radius 3 is 2.05 bits per heavy atom. The molecule has 1 aromatic rings. The molecule has 5 heteroatoms. The van der Waals surface area contributed by atoms with Crippen LogP contribution >= 0.6 is 0 Å². The lowest BCUT2D eigenvalue weighted by molar-refractivity contribution is -0.143. The summed E-state index contributed by atoms with van der Waals surface area (Å²) in [5, 5.41) is 0. The predicted octanol–water partition coefficient (Wildman–Crippen LogP) is 2.21. The molecular weight excluding hydrogens is 248 g/mol. The number of hydrogen-bond donors (Lipinski definition) is 0. The third-order valence-corrected chi connectivity index (χ3v) is 2.70. The Labute approximate surface area is 113 Å². The molecule has 0 N–H and O–H groups in total. The summed E-state index contributed by atoms with van der Waals surface area (Å²) >= 11 is 0. The molecule has 1 aromatic carbocycles. The normalized spacial score (nSPS) is 9.89. The summed E-state index contributed by atoms with van der Waals surface area (Å²) in [5.41, 5.74) is 0.832. The van der Waals surface area contributed by atoms with Crippen molar-refractivity contribution in [3.8, 4) is 17.2 Å². The minimum absolute atomic E-state index is 0.234. The molecule has 0 spiro atoms. The molecule has 0 saturated carbocycles. The fourth-order valence-electron chi connectivity index (χ4n) is 1.78. The average molecular weight is 268 g/mol. The van der Waals surface area contributed by atoms with Gasteiger partial charge in [0.1, 0.15) is 17.2 Å². The third kappa shape index (κ3) is 4.05. The van der Waals surface area contributed by atoms with Crippen LogP contribution in [0.2, 0.25) is 0 Å². The van der Waals surface area contributed by atoms with Crippen molar-refractivity contribution in [1.82, 2.24) is 0 Å². The second kappa shape index (κ2) is 7.51. The van der Waals surface area contributed by atoms with Gasteiger partial charge in [0.25, 0.3) is 0 Å². The minimum atomic E-state index is -0.234. The molecule has 0 atom stereocenters. The average Bonchev–Trinajstić information content (AvgIpc) is 2.44. The molecule has 0 saturated heterocycles. The van der Waals surface area contributed by atoms with Gasteiger partial charge in [0.05, 0.1) is 27.9 Å². The highest BCUT2D eigenvalue weighted by Gasteiger charge is 2.14. The largest absolute Gasteiger partial charge is 0.496 e. The highest BCUT2D eigenvalue weighted by molar-refractivity contribution is 5.70. The first-order valence-corrected chi connectivity index (χ1v) is 6.10. The first-order valence-electron chi connectivity index (χ1n) is 6.10. The van der Waals surface area contributed by atoms with Crippen molar-refractivity contribution in [2.45, 2.75) is 19.8 Å². The van der Waals surface area contributed by atoms with Gasteiger partial charge in [-0.1, -0.05) is 0 Å². The number of carbonyl (C=O) groups excluding carboxylic acids is 1. The molecule has 106 valence electrons.